The van der Waals surface area contributed by atoms with Gasteiger partial charge in [-0.1, -0.05) is 182 Å². The first-order valence-corrected chi connectivity index (χ1v) is 21.3. The van der Waals surface area contributed by atoms with Gasteiger partial charge in [-0.3, -0.25) is 0 Å². The van der Waals surface area contributed by atoms with E-state index in [4.69, 9.17) is 0 Å². The molecule has 60 heavy (non-hydrogen) atoms. The van der Waals surface area contributed by atoms with Crippen LogP contribution in [0.2, 0.25) is 0 Å². The van der Waals surface area contributed by atoms with Crippen LogP contribution in [0.3, 0.4) is 0 Å². The molecule has 1 heterocycles. The van der Waals surface area contributed by atoms with E-state index in [2.05, 4.69) is 241 Å². The molecule has 0 aliphatic rings. The van der Waals surface area contributed by atoms with Crippen LogP contribution in [0.15, 0.2) is 237 Å². The minimum absolute atomic E-state index is 1.11. The fraction of sp³-hybridized carbons (Fsp3) is 0. The van der Waals surface area contributed by atoms with Crippen molar-refractivity contribution in [3.63, 3.8) is 0 Å². The fourth-order valence-corrected chi connectivity index (χ4v) is 9.79. The molecule has 0 unspecified atom stereocenters. The van der Waals surface area contributed by atoms with Gasteiger partial charge in [0.15, 0.2) is 0 Å². The molecule has 0 aliphatic heterocycles. The van der Waals surface area contributed by atoms with Crippen LogP contribution < -0.4 is 4.90 Å². The third-order valence-corrected chi connectivity index (χ3v) is 12.8. The van der Waals surface area contributed by atoms with Crippen LogP contribution in [-0.4, -0.2) is 0 Å². The first-order chi connectivity index (χ1) is 29.7. The van der Waals surface area contributed by atoms with E-state index in [1.54, 1.807) is 0 Å². The number of rotatable bonds is 8. The van der Waals surface area contributed by atoms with Crippen molar-refractivity contribution < 1.29 is 0 Å². The number of fused-ring (bicyclic) bond motifs is 4. The summed E-state index contributed by atoms with van der Waals surface area (Å²) in [7, 11) is 0. The Morgan fingerprint density at radius 1 is 0.283 bits per heavy atom. The molecule has 0 spiro atoms. The quantitative estimate of drug-likeness (QED) is 0.148. The van der Waals surface area contributed by atoms with E-state index in [9.17, 15) is 0 Å². The highest BCUT2D eigenvalue weighted by Crippen LogP contribution is 2.47. The summed E-state index contributed by atoms with van der Waals surface area (Å²) in [6.45, 7) is 0. The van der Waals surface area contributed by atoms with Crippen molar-refractivity contribution in [1.82, 2.24) is 0 Å². The van der Waals surface area contributed by atoms with Crippen LogP contribution in [0, 0.1) is 0 Å². The maximum atomic E-state index is 2.46. The van der Waals surface area contributed by atoms with Gasteiger partial charge in [0, 0.05) is 31.4 Å². The van der Waals surface area contributed by atoms with Gasteiger partial charge in [0.25, 0.3) is 0 Å². The van der Waals surface area contributed by atoms with E-state index < -0.39 is 0 Å². The summed E-state index contributed by atoms with van der Waals surface area (Å²) in [5.41, 5.74) is 15.4. The molecule has 2 heteroatoms. The summed E-state index contributed by atoms with van der Waals surface area (Å²) in [6, 6.07) is 86.1. The second kappa shape index (κ2) is 15.3. The Hall–Kier alpha value is -7.52. The molecule has 282 valence electrons. The van der Waals surface area contributed by atoms with Crippen LogP contribution >= 0.6 is 11.3 Å². The molecular weight excluding hydrogens is 743 g/mol. The highest BCUT2D eigenvalue weighted by atomic mass is 32.1. The van der Waals surface area contributed by atoms with E-state index in [0.29, 0.717) is 0 Å². The molecule has 0 atom stereocenters. The number of nitrogens with zero attached hydrogens (tertiary/aromatic N) is 1. The molecule has 0 N–H and O–H groups in total. The number of benzene rings is 10. The summed E-state index contributed by atoms with van der Waals surface area (Å²) >= 11 is 1.86. The third-order valence-electron chi connectivity index (χ3n) is 11.7. The van der Waals surface area contributed by atoms with E-state index >= 15 is 0 Å². The minimum atomic E-state index is 1.11. The van der Waals surface area contributed by atoms with Gasteiger partial charge in [-0.15, -0.1) is 11.3 Å². The van der Waals surface area contributed by atoms with E-state index in [1.165, 1.54) is 92.3 Å². The molecule has 1 nitrogen and oxygen atoms in total. The number of anilines is 3. The molecule has 1 aromatic heterocycles. The second-order valence-corrected chi connectivity index (χ2v) is 16.4. The van der Waals surface area contributed by atoms with Gasteiger partial charge < -0.3 is 4.90 Å². The lowest BCUT2D eigenvalue weighted by Gasteiger charge is -2.29. The first-order valence-electron chi connectivity index (χ1n) is 20.5. The van der Waals surface area contributed by atoms with Crippen molar-refractivity contribution in [2.75, 3.05) is 4.90 Å². The zero-order valence-electron chi connectivity index (χ0n) is 32.9. The zero-order chi connectivity index (χ0) is 39.8. The highest BCUT2D eigenvalue weighted by molar-refractivity contribution is 7.26. The summed E-state index contributed by atoms with van der Waals surface area (Å²) in [6.07, 6.45) is 0. The van der Waals surface area contributed by atoms with E-state index in [0.717, 1.165) is 11.4 Å². The standard InChI is InChI=1S/C58H39NS/c1-2-13-40(14-3-1)47-18-11-20-50(39-47)52-21-6-8-23-54(52)59(55-24-12-26-57-58(55)53-22-7-9-25-56(53)60-57)51-35-33-43(34-36-51)42-27-29-44(30-28-42)46-17-10-19-48(37-46)49-32-31-41-15-4-5-16-45(41)38-49/h1-39H. The summed E-state index contributed by atoms with van der Waals surface area (Å²) in [5, 5.41) is 5.07. The van der Waals surface area contributed by atoms with Crippen molar-refractivity contribution in [3.8, 4) is 55.6 Å². The number of para-hydroxylation sites is 1. The summed E-state index contributed by atoms with van der Waals surface area (Å²) < 4.78 is 2.57. The lowest BCUT2D eigenvalue weighted by Crippen LogP contribution is -2.11. The highest BCUT2D eigenvalue weighted by Gasteiger charge is 2.21. The maximum absolute atomic E-state index is 2.46. The van der Waals surface area contributed by atoms with Crippen LogP contribution in [-0.2, 0) is 0 Å². The Kier molecular flexibility index (Phi) is 9.11. The van der Waals surface area contributed by atoms with Crippen molar-refractivity contribution in [2.45, 2.75) is 0 Å². The number of thiophene rings is 1. The molecule has 0 saturated carbocycles. The molecule has 0 bridgehead atoms. The predicted molar refractivity (Wildman–Crippen MR) is 259 cm³/mol. The van der Waals surface area contributed by atoms with E-state index in [-0.39, 0.29) is 0 Å². The lowest BCUT2D eigenvalue weighted by molar-refractivity contribution is 1.30. The summed E-state index contributed by atoms with van der Waals surface area (Å²) in [4.78, 5) is 2.46. The Morgan fingerprint density at radius 3 is 1.55 bits per heavy atom. The second-order valence-electron chi connectivity index (χ2n) is 15.3. The maximum Gasteiger partial charge on any atom is 0.0555 e. The van der Waals surface area contributed by atoms with E-state index in [1.807, 2.05) is 11.3 Å². The SMILES string of the molecule is c1ccc(-c2cccc(-c3ccccc3N(c3ccc(-c4ccc(-c5cccc(-c6ccc7ccccc7c6)c5)cc4)cc3)c3cccc4sc5ccccc5c34)c2)cc1. The van der Waals surface area contributed by atoms with Crippen LogP contribution in [0.4, 0.5) is 17.1 Å². The van der Waals surface area contributed by atoms with Crippen LogP contribution in [0.5, 0.6) is 0 Å². The zero-order valence-corrected chi connectivity index (χ0v) is 33.7. The van der Waals surface area contributed by atoms with Gasteiger partial charge in [0.05, 0.1) is 11.4 Å². The third kappa shape index (κ3) is 6.63. The molecule has 0 radical (unpaired) electrons. The van der Waals surface area contributed by atoms with Gasteiger partial charge in [0.2, 0.25) is 0 Å². The monoisotopic (exact) mass is 781 g/mol. The van der Waals surface area contributed by atoms with Gasteiger partial charge >= 0.3 is 0 Å². The minimum Gasteiger partial charge on any atom is -0.309 e. The summed E-state index contributed by atoms with van der Waals surface area (Å²) in [5.74, 6) is 0. The topological polar surface area (TPSA) is 3.24 Å². The molecule has 0 amide bonds. The molecule has 10 aromatic carbocycles. The predicted octanol–water partition coefficient (Wildman–Crippen LogP) is 17.0. The molecule has 0 aliphatic carbocycles. The Bertz CT molecular complexity index is 3310. The normalized spacial score (nSPS) is 11.3. The van der Waals surface area contributed by atoms with Gasteiger partial charge in [0.1, 0.15) is 0 Å². The number of hydrogen-bond acceptors (Lipinski definition) is 2. The van der Waals surface area contributed by atoms with Crippen LogP contribution in [0.25, 0.3) is 86.6 Å². The molecular formula is C58H39NS. The fourth-order valence-electron chi connectivity index (χ4n) is 8.67. The van der Waals surface area contributed by atoms with Crippen LogP contribution in [0.1, 0.15) is 0 Å². The molecule has 11 rings (SSSR count). The van der Waals surface area contributed by atoms with Crippen molar-refractivity contribution in [3.05, 3.63) is 237 Å². The van der Waals surface area contributed by atoms with Crippen molar-refractivity contribution in [1.29, 1.82) is 0 Å². The average molecular weight is 782 g/mol. The molecule has 0 fully saturated rings. The molecule has 0 saturated heterocycles. The van der Waals surface area contributed by atoms with Crippen molar-refractivity contribution >= 4 is 59.3 Å². The number of hydrogen-bond donors (Lipinski definition) is 0. The lowest BCUT2D eigenvalue weighted by atomic mass is 9.96. The largest absolute Gasteiger partial charge is 0.309 e. The van der Waals surface area contributed by atoms with Gasteiger partial charge in [-0.25, -0.2) is 0 Å². The smallest absolute Gasteiger partial charge is 0.0555 e. The average Bonchev–Trinajstić information content (AvgIpc) is 3.72. The van der Waals surface area contributed by atoms with Gasteiger partial charge in [-0.05, 0) is 115 Å². The Balaban J connectivity index is 0.973. The van der Waals surface area contributed by atoms with Gasteiger partial charge in [-0.2, -0.15) is 0 Å². The molecule has 11 aromatic rings. The van der Waals surface area contributed by atoms with Crippen molar-refractivity contribution in [2.24, 2.45) is 0 Å². The first kappa shape index (κ1) is 35.6. The Morgan fingerprint density at radius 2 is 0.767 bits per heavy atom. The Labute approximate surface area is 354 Å².